The van der Waals surface area contributed by atoms with E-state index in [1.807, 2.05) is 62.4 Å². The summed E-state index contributed by atoms with van der Waals surface area (Å²) in [6.45, 7) is 3.95. The Kier molecular flexibility index (Phi) is 5.21. The number of fused-ring (bicyclic) bond motifs is 2. The second kappa shape index (κ2) is 7.98. The minimum atomic E-state index is -0.164. The van der Waals surface area contributed by atoms with Gasteiger partial charge in [-0.2, -0.15) is 5.10 Å². The summed E-state index contributed by atoms with van der Waals surface area (Å²) in [5.74, 6) is 1.35. The summed E-state index contributed by atoms with van der Waals surface area (Å²) in [5.41, 5.74) is 7.25. The number of hydrazone groups is 1. The topological polar surface area (TPSA) is 93.5 Å². The van der Waals surface area contributed by atoms with Crippen molar-refractivity contribution in [3.63, 3.8) is 0 Å². The standard InChI is InChI=1S/C22H19N5O3.CH4/c1-13-8-19(16-9-20-21(30-12-29-20)10-18(16)24-13)25-23-11-17-14(2)26-27(22(17)28)15-6-4-3-5-7-15;/h3-11,26H,12H2,1-2H3,(H,24,25);1H4/b23-11+;. The molecule has 0 saturated heterocycles. The number of pyridine rings is 1. The molecule has 0 radical (unpaired) electrons. The number of aromatic nitrogens is 3. The number of para-hydroxylation sites is 1. The Morgan fingerprint density at radius 3 is 2.65 bits per heavy atom. The van der Waals surface area contributed by atoms with Gasteiger partial charge in [-0.1, -0.05) is 25.6 Å². The molecule has 2 aromatic heterocycles. The lowest BCUT2D eigenvalue weighted by molar-refractivity contribution is 0.174. The van der Waals surface area contributed by atoms with Crippen molar-refractivity contribution in [1.29, 1.82) is 0 Å². The van der Waals surface area contributed by atoms with Crippen molar-refractivity contribution in [3.8, 4) is 17.2 Å². The Morgan fingerprint density at radius 1 is 1.13 bits per heavy atom. The highest BCUT2D eigenvalue weighted by Gasteiger charge is 2.17. The van der Waals surface area contributed by atoms with Gasteiger partial charge in [-0.05, 0) is 38.1 Å². The summed E-state index contributed by atoms with van der Waals surface area (Å²) >= 11 is 0. The highest BCUT2D eigenvalue weighted by atomic mass is 16.7. The van der Waals surface area contributed by atoms with Crippen LogP contribution in [0.4, 0.5) is 5.69 Å². The van der Waals surface area contributed by atoms with Crippen LogP contribution in [0.2, 0.25) is 0 Å². The minimum absolute atomic E-state index is 0. The Labute approximate surface area is 179 Å². The van der Waals surface area contributed by atoms with E-state index in [4.69, 9.17) is 9.47 Å². The molecular formula is C23H23N5O3. The lowest BCUT2D eigenvalue weighted by atomic mass is 10.1. The number of nitrogens with one attached hydrogen (secondary N) is 2. The number of H-pyrrole nitrogens is 1. The molecule has 4 aromatic rings. The number of rotatable bonds is 4. The van der Waals surface area contributed by atoms with E-state index in [1.165, 1.54) is 10.9 Å². The van der Waals surface area contributed by atoms with E-state index >= 15 is 0 Å². The van der Waals surface area contributed by atoms with E-state index in [1.54, 1.807) is 0 Å². The number of ether oxygens (including phenoxy) is 2. The molecule has 2 aromatic carbocycles. The minimum Gasteiger partial charge on any atom is -0.454 e. The number of aromatic amines is 1. The Hall–Kier alpha value is -4.07. The number of hydrogen-bond donors (Lipinski definition) is 2. The molecule has 0 atom stereocenters. The molecule has 8 nitrogen and oxygen atoms in total. The maximum Gasteiger partial charge on any atom is 0.280 e. The zero-order valence-corrected chi connectivity index (χ0v) is 16.5. The van der Waals surface area contributed by atoms with Crippen molar-refractivity contribution < 1.29 is 9.47 Å². The highest BCUT2D eigenvalue weighted by Crippen LogP contribution is 2.38. The molecule has 2 N–H and O–H groups in total. The fourth-order valence-electron chi connectivity index (χ4n) is 3.48. The van der Waals surface area contributed by atoms with E-state index in [0.717, 1.165) is 33.7 Å². The van der Waals surface area contributed by atoms with Crippen molar-refractivity contribution in [2.45, 2.75) is 21.3 Å². The first-order valence-electron chi connectivity index (χ1n) is 9.47. The third-order valence-electron chi connectivity index (χ3n) is 4.94. The van der Waals surface area contributed by atoms with Gasteiger partial charge < -0.3 is 9.47 Å². The van der Waals surface area contributed by atoms with E-state index in [2.05, 4.69) is 20.6 Å². The van der Waals surface area contributed by atoms with Crippen LogP contribution in [0.3, 0.4) is 0 Å². The summed E-state index contributed by atoms with van der Waals surface area (Å²) in [4.78, 5) is 17.4. The van der Waals surface area contributed by atoms with E-state index < -0.39 is 0 Å². The Bertz CT molecular complexity index is 1340. The molecule has 8 heteroatoms. The Morgan fingerprint density at radius 2 is 1.87 bits per heavy atom. The highest BCUT2D eigenvalue weighted by molar-refractivity contribution is 5.94. The predicted molar refractivity (Wildman–Crippen MR) is 122 cm³/mol. The SMILES string of the molecule is C.Cc1cc(N/N=C/c2c(C)[nH]n(-c3ccccc3)c2=O)c2cc3c(cc2n1)OCO3. The number of benzene rings is 2. The zero-order chi connectivity index (χ0) is 20.7. The molecule has 0 bridgehead atoms. The summed E-state index contributed by atoms with van der Waals surface area (Å²) < 4.78 is 12.4. The molecule has 158 valence electrons. The molecule has 0 amide bonds. The molecule has 0 saturated carbocycles. The molecule has 1 aliphatic heterocycles. The lowest BCUT2D eigenvalue weighted by Crippen LogP contribution is -2.17. The number of hydrogen-bond acceptors (Lipinski definition) is 6. The maximum absolute atomic E-state index is 12.8. The molecule has 1 aliphatic rings. The van der Waals surface area contributed by atoms with E-state index in [9.17, 15) is 4.79 Å². The van der Waals surface area contributed by atoms with Crippen molar-refractivity contribution >= 4 is 22.8 Å². The van der Waals surface area contributed by atoms with Crippen molar-refractivity contribution in [2.24, 2.45) is 5.10 Å². The molecule has 0 fully saturated rings. The molecular weight excluding hydrogens is 394 g/mol. The molecule has 31 heavy (non-hydrogen) atoms. The van der Waals surface area contributed by atoms with Crippen molar-refractivity contribution in [1.82, 2.24) is 14.8 Å². The van der Waals surface area contributed by atoms with Gasteiger partial charge >= 0.3 is 0 Å². The van der Waals surface area contributed by atoms with Gasteiger partial charge in [0.05, 0.1) is 28.7 Å². The number of aryl methyl sites for hydroxylation is 2. The zero-order valence-electron chi connectivity index (χ0n) is 16.5. The van der Waals surface area contributed by atoms with E-state index in [0.29, 0.717) is 17.1 Å². The van der Waals surface area contributed by atoms with Crippen LogP contribution in [0.5, 0.6) is 11.5 Å². The lowest BCUT2D eigenvalue weighted by Gasteiger charge is -2.08. The Balaban J connectivity index is 0.00000231. The van der Waals surface area contributed by atoms with Crippen LogP contribution in [0.1, 0.15) is 24.4 Å². The first-order chi connectivity index (χ1) is 14.6. The van der Waals surface area contributed by atoms with Gasteiger partial charge in [0.1, 0.15) is 0 Å². The summed E-state index contributed by atoms with van der Waals surface area (Å²) in [7, 11) is 0. The summed E-state index contributed by atoms with van der Waals surface area (Å²) in [6, 6.07) is 15.0. The van der Waals surface area contributed by atoms with Crippen LogP contribution in [0, 0.1) is 13.8 Å². The maximum atomic E-state index is 12.8. The van der Waals surface area contributed by atoms with E-state index in [-0.39, 0.29) is 19.8 Å². The van der Waals surface area contributed by atoms with Gasteiger partial charge in [0.2, 0.25) is 6.79 Å². The van der Waals surface area contributed by atoms with Gasteiger partial charge in [-0.15, -0.1) is 0 Å². The second-order valence-corrected chi connectivity index (χ2v) is 7.03. The molecule has 0 aliphatic carbocycles. The smallest absolute Gasteiger partial charge is 0.280 e. The largest absolute Gasteiger partial charge is 0.454 e. The van der Waals surface area contributed by atoms with Crippen LogP contribution in [0.15, 0.2) is 58.4 Å². The average Bonchev–Trinajstić information content (AvgIpc) is 3.31. The van der Waals surface area contributed by atoms with Crippen LogP contribution >= 0.6 is 0 Å². The van der Waals surface area contributed by atoms with Crippen LogP contribution in [0.25, 0.3) is 16.6 Å². The van der Waals surface area contributed by atoms with Gasteiger partial charge in [-0.3, -0.25) is 20.3 Å². The second-order valence-electron chi connectivity index (χ2n) is 7.03. The van der Waals surface area contributed by atoms with Gasteiger partial charge in [0, 0.05) is 22.8 Å². The number of anilines is 1. The summed E-state index contributed by atoms with van der Waals surface area (Å²) in [5, 5.41) is 8.26. The summed E-state index contributed by atoms with van der Waals surface area (Å²) in [6.07, 6.45) is 1.53. The normalized spacial score (nSPS) is 12.3. The third kappa shape index (κ3) is 3.63. The fourth-order valence-corrected chi connectivity index (χ4v) is 3.48. The van der Waals surface area contributed by atoms with Crippen molar-refractivity contribution in [2.75, 3.05) is 12.2 Å². The average molecular weight is 417 g/mol. The predicted octanol–water partition coefficient (Wildman–Crippen LogP) is 4.14. The molecule has 3 heterocycles. The van der Waals surface area contributed by atoms with Crippen LogP contribution < -0.4 is 20.5 Å². The van der Waals surface area contributed by atoms with Gasteiger partial charge in [0.25, 0.3) is 5.56 Å². The first kappa shape index (κ1) is 20.2. The molecule has 0 unspecified atom stereocenters. The third-order valence-corrected chi connectivity index (χ3v) is 4.94. The molecule has 0 spiro atoms. The van der Waals surface area contributed by atoms with Crippen LogP contribution in [-0.4, -0.2) is 27.8 Å². The monoisotopic (exact) mass is 417 g/mol. The van der Waals surface area contributed by atoms with Gasteiger partial charge in [0.15, 0.2) is 11.5 Å². The molecule has 5 rings (SSSR count). The number of nitrogens with zero attached hydrogens (tertiary/aromatic N) is 3. The van der Waals surface area contributed by atoms with Crippen molar-refractivity contribution in [3.05, 3.63) is 75.8 Å². The van der Waals surface area contributed by atoms with Crippen LogP contribution in [-0.2, 0) is 0 Å². The fraction of sp³-hybridized carbons (Fsp3) is 0.174. The quantitative estimate of drug-likeness (QED) is 0.384. The van der Waals surface area contributed by atoms with Gasteiger partial charge in [-0.25, -0.2) is 4.68 Å². The first-order valence-corrected chi connectivity index (χ1v) is 9.47.